The molecule has 2 fully saturated rings. The minimum absolute atomic E-state index is 0.00755. The number of carbonyl (C=O) groups is 1. The summed E-state index contributed by atoms with van der Waals surface area (Å²) in [6.45, 7) is 6.54. The molecule has 2 aliphatic carbocycles. The van der Waals surface area contributed by atoms with Crippen LogP contribution in [0, 0.1) is 16.2 Å². The third kappa shape index (κ3) is 1.15. The third-order valence-corrected chi connectivity index (χ3v) is 5.91. The number of aliphatic hydroxyl groups is 1. The van der Waals surface area contributed by atoms with Crippen molar-refractivity contribution >= 4 is 5.97 Å². The standard InChI is InChI=1S/C13H22O3/c1-11(2)12(3)5-6-13(11,7-9(12)14)8-10(15)16-4/h9,14H,5-8H2,1-4H3. The molecule has 1 N–H and O–H groups in total. The topological polar surface area (TPSA) is 46.5 Å². The van der Waals surface area contributed by atoms with E-state index in [-0.39, 0.29) is 28.3 Å². The molecule has 3 nitrogen and oxygen atoms in total. The monoisotopic (exact) mass is 226 g/mol. The van der Waals surface area contributed by atoms with Crippen LogP contribution in [0.5, 0.6) is 0 Å². The van der Waals surface area contributed by atoms with Crippen molar-refractivity contribution in [2.45, 2.75) is 52.6 Å². The molecule has 0 aromatic rings. The van der Waals surface area contributed by atoms with Crippen molar-refractivity contribution in [2.24, 2.45) is 16.2 Å². The van der Waals surface area contributed by atoms with Gasteiger partial charge >= 0.3 is 5.97 Å². The number of carbonyl (C=O) groups excluding carboxylic acids is 1. The van der Waals surface area contributed by atoms with E-state index in [1.54, 1.807) is 0 Å². The van der Waals surface area contributed by atoms with Crippen LogP contribution in [0.2, 0.25) is 0 Å². The fraction of sp³-hybridized carbons (Fsp3) is 0.923. The van der Waals surface area contributed by atoms with E-state index in [2.05, 4.69) is 20.8 Å². The zero-order valence-electron chi connectivity index (χ0n) is 10.7. The summed E-state index contributed by atoms with van der Waals surface area (Å²) in [4.78, 5) is 11.5. The molecule has 2 rings (SSSR count). The second-order valence-corrected chi connectivity index (χ2v) is 6.30. The fourth-order valence-electron chi connectivity index (χ4n) is 4.00. The second kappa shape index (κ2) is 3.22. The van der Waals surface area contributed by atoms with Crippen molar-refractivity contribution in [3.63, 3.8) is 0 Å². The van der Waals surface area contributed by atoms with Gasteiger partial charge in [0.05, 0.1) is 19.6 Å². The van der Waals surface area contributed by atoms with E-state index in [9.17, 15) is 9.90 Å². The summed E-state index contributed by atoms with van der Waals surface area (Å²) in [7, 11) is 1.44. The first kappa shape index (κ1) is 11.9. The van der Waals surface area contributed by atoms with E-state index in [1.165, 1.54) is 7.11 Å². The van der Waals surface area contributed by atoms with Crippen molar-refractivity contribution in [3.05, 3.63) is 0 Å². The molecule has 3 unspecified atom stereocenters. The molecular formula is C13H22O3. The molecule has 2 saturated carbocycles. The smallest absolute Gasteiger partial charge is 0.306 e. The van der Waals surface area contributed by atoms with Crippen LogP contribution in [0.1, 0.15) is 46.5 Å². The largest absolute Gasteiger partial charge is 0.469 e. The number of aliphatic hydroxyl groups excluding tert-OH is 1. The molecule has 0 radical (unpaired) electrons. The SMILES string of the molecule is COC(=O)CC12CCC(C)(C(O)C1)C2(C)C. The van der Waals surface area contributed by atoms with Gasteiger partial charge in [0, 0.05) is 0 Å². The maximum absolute atomic E-state index is 11.5. The van der Waals surface area contributed by atoms with Crippen LogP contribution >= 0.6 is 0 Å². The van der Waals surface area contributed by atoms with Crippen LogP contribution in [-0.4, -0.2) is 24.3 Å². The van der Waals surface area contributed by atoms with E-state index in [4.69, 9.17) is 4.74 Å². The number of fused-ring (bicyclic) bond motifs is 2. The predicted molar refractivity (Wildman–Crippen MR) is 60.8 cm³/mol. The molecular weight excluding hydrogens is 204 g/mol. The molecule has 0 amide bonds. The van der Waals surface area contributed by atoms with Crippen LogP contribution in [0.25, 0.3) is 0 Å². The molecule has 0 spiro atoms. The van der Waals surface area contributed by atoms with Gasteiger partial charge in [-0.3, -0.25) is 4.79 Å². The van der Waals surface area contributed by atoms with Crippen LogP contribution in [0.15, 0.2) is 0 Å². The zero-order valence-corrected chi connectivity index (χ0v) is 10.7. The minimum Gasteiger partial charge on any atom is -0.469 e. The lowest BCUT2D eigenvalue weighted by atomic mass is 9.64. The van der Waals surface area contributed by atoms with Gasteiger partial charge in [0.2, 0.25) is 0 Å². The Bertz CT molecular complexity index is 323. The van der Waals surface area contributed by atoms with E-state index < -0.39 is 0 Å². The van der Waals surface area contributed by atoms with Crippen molar-refractivity contribution in [3.8, 4) is 0 Å². The number of hydrogen-bond acceptors (Lipinski definition) is 3. The number of hydrogen-bond donors (Lipinski definition) is 1. The Balaban J connectivity index is 2.33. The van der Waals surface area contributed by atoms with Gasteiger partial charge in [-0.25, -0.2) is 0 Å². The molecule has 0 aliphatic heterocycles. The second-order valence-electron chi connectivity index (χ2n) is 6.30. The maximum atomic E-state index is 11.5. The molecule has 0 aromatic heterocycles. The van der Waals surface area contributed by atoms with Crippen LogP contribution in [0.3, 0.4) is 0 Å². The lowest BCUT2D eigenvalue weighted by molar-refractivity contribution is -0.145. The molecule has 2 bridgehead atoms. The average molecular weight is 226 g/mol. The predicted octanol–water partition coefficient (Wildman–Crippen LogP) is 2.13. The number of esters is 1. The molecule has 3 heteroatoms. The Labute approximate surface area is 97.2 Å². The molecule has 0 saturated heterocycles. The summed E-state index contributed by atoms with van der Waals surface area (Å²) in [6.07, 6.45) is 2.95. The van der Waals surface area contributed by atoms with Gasteiger partial charge in [0.15, 0.2) is 0 Å². The third-order valence-electron chi connectivity index (χ3n) is 5.91. The van der Waals surface area contributed by atoms with E-state index in [1.807, 2.05) is 0 Å². The molecule has 16 heavy (non-hydrogen) atoms. The normalized spacial score (nSPS) is 44.7. The van der Waals surface area contributed by atoms with Crippen LogP contribution < -0.4 is 0 Å². The maximum Gasteiger partial charge on any atom is 0.306 e. The Morgan fingerprint density at radius 1 is 1.38 bits per heavy atom. The summed E-state index contributed by atoms with van der Waals surface area (Å²) >= 11 is 0. The van der Waals surface area contributed by atoms with Gasteiger partial charge in [-0.1, -0.05) is 20.8 Å². The van der Waals surface area contributed by atoms with Crippen molar-refractivity contribution < 1.29 is 14.6 Å². The van der Waals surface area contributed by atoms with E-state index >= 15 is 0 Å². The lowest BCUT2D eigenvalue weighted by Gasteiger charge is -2.40. The molecule has 3 atom stereocenters. The van der Waals surface area contributed by atoms with Crippen molar-refractivity contribution in [1.29, 1.82) is 0 Å². The molecule has 2 aliphatic rings. The summed E-state index contributed by atoms with van der Waals surface area (Å²) in [5.74, 6) is -0.147. The lowest BCUT2D eigenvalue weighted by Crippen LogP contribution is -2.37. The van der Waals surface area contributed by atoms with Gasteiger partial charge < -0.3 is 9.84 Å². The molecule has 0 heterocycles. The number of ether oxygens (including phenoxy) is 1. The molecule has 0 aromatic carbocycles. The van der Waals surface area contributed by atoms with Gasteiger partial charge in [-0.15, -0.1) is 0 Å². The highest BCUT2D eigenvalue weighted by Crippen LogP contribution is 2.73. The molecule has 92 valence electrons. The van der Waals surface area contributed by atoms with Gasteiger partial charge in [-0.05, 0) is 35.5 Å². The zero-order chi connectivity index (χ0) is 12.2. The minimum atomic E-state index is -0.277. The summed E-state index contributed by atoms with van der Waals surface area (Å²) < 4.78 is 4.80. The summed E-state index contributed by atoms with van der Waals surface area (Å²) in [5, 5.41) is 10.2. The summed E-state index contributed by atoms with van der Waals surface area (Å²) in [5.41, 5.74) is -0.0944. The average Bonchev–Trinajstić information content (AvgIpc) is 2.47. The Kier molecular flexibility index (Phi) is 2.40. The first-order valence-corrected chi connectivity index (χ1v) is 6.04. The highest BCUT2D eigenvalue weighted by Gasteiger charge is 2.69. The highest BCUT2D eigenvalue weighted by atomic mass is 16.5. The first-order chi connectivity index (χ1) is 7.29. The first-order valence-electron chi connectivity index (χ1n) is 6.04. The number of rotatable bonds is 2. The van der Waals surface area contributed by atoms with Crippen molar-refractivity contribution in [1.82, 2.24) is 0 Å². The van der Waals surface area contributed by atoms with E-state index in [0.29, 0.717) is 6.42 Å². The van der Waals surface area contributed by atoms with Crippen LogP contribution in [-0.2, 0) is 9.53 Å². The number of methoxy groups -OCH3 is 1. The Morgan fingerprint density at radius 2 is 2.00 bits per heavy atom. The Morgan fingerprint density at radius 3 is 2.38 bits per heavy atom. The van der Waals surface area contributed by atoms with E-state index in [0.717, 1.165) is 19.3 Å². The van der Waals surface area contributed by atoms with Gasteiger partial charge in [0.1, 0.15) is 0 Å². The Hall–Kier alpha value is -0.570. The summed E-state index contributed by atoms with van der Waals surface area (Å²) in [6, 6.07) is 0. The fourth-order valence-corrected chi connectivity index (χ4v) is 4.00. The van der Waals surface area contributed by atoms with Gasteiger partial charge in [-0.2, -0.15) is 0 Å². The van der Waals surface area contributed by atoms with Gasteiger partial charge in [0.25, 0.3) is 0 Å². The van der Waals surface area contributed by atoms with Crippen molar-refractivity contribution in [2.75, 3.05) is 7.11 Å². The highest BCUT2D eigenvalue weighted by molar-refractivity contribution is 5.70. The quantitative estimate of drug-likeness (QED) is 0.734. The van der Waals surface area contributed by atoms with Crippen LogP contribution in [0.4, 0.5) is 0 Å².